The van der Waals surface area contributed by atoms with Crippen molar-refractivity contribution < 1.29 is 5.11 Å². The molecule has 0 bridgehead atoms. The third-order valence-corrected chi connectivity index (χ3v) is 2.85. The van der Waals surface area contributed by atoms with Gasteiger partial charge in [-0.05, 0) is 37.0 Å². The molecule has 0 saturated carbocycles. The normalized spacial score (nSPS) is 14.9. The Morgan fingerprint density at radius 3 is 2.41 bits per heavy atom. The van der Waals surface area contributed by atoms with Crippen molar-refractivity contribution >= 4 is 11.6 Å². The van der Waals surface area contributed by atoms with E-state index in [1.54, 1.807) is 0 Å². The molecule has 0 heterocycles. The molecule has 0 amide bonds. The zero-order chi connectivity index (χ0) is 12.9. The molecule has 1 atom stereocenters. The third-order valence-electron chi connectivity index (χ3n) is 2.60. The topological polar surface area (TPSA) is 32.3 Å². The van der Waals surface area contributed by atoms with Crippen LogP contribution in [0.25, 0.3) is 0 Å². The van der Waals surface area contributed by atoms with Crippen molar-refractivity contribution in [3.63, 3.8) is 0 Å². The lowest BCUT2D eigenvalue weighted by Crippen LogP contribution is -2.38. The van der Waals surface area contributed by atoms with Gasteiger partial charge in [0.05, 0.1) is 5.60 Å². The molecule has 0 aliphatic rings. The number of hydrogen-bond donors (Lipinski definition) is 2. The van der Waals surface area contributed by atoms with Crippen molar-refractivity contribution in [3.05, 3.63) is 34.9 Å². The summed E-state index contributed by atoms with van der Waals surface area (Å²) in [5.41, 5.74) is 0.537. The molecular weight excluding hydrogens is 234 g/mol. The summed E-state index contributed by atoms with van der Waals surface area (Å²) in [5.74, 6) is 0.502. The number of rotatable bonds is 6. The van der Waals surface area contributed by atoms with Gasteiger partial charge in [0.2, 0.25) is 0 Å². The molecular formula is C14H22ClNO. The van der Waals surface area contributed by atoms with Crippen molar-refractivity contribution in [1.29, 1.82) is 0 Å². The first kappa shape index (κ1) is 14.5. The van der Waals surface area contributed by atoms with E-state index in [9.17, 15) is 5.11 Å². The second-order valence-electron chi connectivity index (χ2n) is 5.32. The van der Waals surface area contributed by atoms with Gasteiger partial charge in [0.15, 0.2) is 0 Å². The lowest BCUT2D eigenvalue weighted by Gasteiger charge is -2.25. The summed E-state index contributed by atoms with van der Waals surface area (Å²) in [6.07, 6.45) is 0.806. The van der Waals surface area contributed by atoms with Crippen molar-refractivity contribution in [2.45, 2.75) is 39.3 Å². The van der Waals surface area contributed by atoms with Crippen LogP contribution in [-0.2, 0) is 6.54 Å². The Morgan fingerprint density at radius 1 is 1.29 bits per heavy atom. The van der Waals surface area contributed by atoms with E-state index in [1.165, 1.54) is 5.56 Å². The van der Waals surface area contributed by atoms with Crippen LogP contribution in [0.1, 0.15) is 32.8 Å². The molecule has 96 valence electrons. The quantitative estimate of drug-likeness (QED) is 0.818. The Kier molecular flexibility index (Phi) is 5.44. The Bertz CT molecular complexity index is 333. The van der Waals surface area contributed by atoms with Crippen LogP contribution in [0.3, 0.4) is 0 Å². The second-order valence-corrected chi connectivity index (χ2v) is 5.76. The van der Waals surface area contributed by atoms with E-state index in [1.807, 2.05) is 31.2 Å². The summed E-state index contributed by atoms with van der Waals surface area (Å²) in [4.78, 5) is 0. The second kappa shape index (κ2) is 6.39. The number of benzene rings is 1. The van der Waals surface area contributed by atoms with Crippen LogP contribution in [0.15, 0.2) is 24.3 Å². The summed E-state index contributed by atoms with van der Waals surface area (Å²) in [5, 5.41) is 14.1. The van der Waals surface area contributed by atoms with E-state index >= 15 is 0 Å². The first-order chi connectivity index (χ1) is 7.89. The van der Waals surface area contributed by atoms with Crippen LogP contribution in [0, 0.1) is 5.92 Å². The van der Waals surface area contributed by atoms with E-state index in [4.69, 9.17) is 11.6 Å². The standard InChI is InChI=1S/C14H22ClNO/c1-11(2)8-14(3,17)10-16-9-12-4-6-13(15)7-5-12/h4-7,11,16-17H,8-10H2,1-3H3. The Balaban J connectivity index is 2.34. The van der Waals surface area contributed by atoms with Gasteiger partial charge in [0.1, 0.15) is 0 Å². The number of nitrogens with one attached hydrogen (secondary N) is 1. The smallest absolute Gasteiger partial charge is 0.0746 e. The number of halogens is 1. The van der Waals surface area contributed by atoms with Crippen molar-refractivity contribution in [1.82, 2.24) is 5.32 Å². The SMILES string of the molecule is CC(C)CC(C)(O)CNCc1ccc(Cl)cc1. The number of aliphatic hydroxyl groups is 1. The highest BCUT2D eigenvalue weighted by Gasteiger charge is 2.20. The first-order valence-electron chi connectivity index (χ1n) is 6.06. The lowest BCUT2D eigenvalue weighted by molar-refractivity contribution is 0.0383. The molecule has 17 heavy (non-hydrogen) atoms. The van der Waals surface area contributed by atoms with Gasteiger partial charge in [-0.25, -0.2) is 0 Å². The molecule has 2 N–H and O–H groups in total. The zero-order valence-corrected chi connectivity index (χ0v) is 11.6. The highest BCUT2D eigenvalue weighted by Crippen LogP contribution is 2.15. The van der Waals surface area contributed by atoms with Crippen molar-refractivity contribution in [2.75, 3.05) is 6.54 Å². The first-order valence-corrected chi connectivity index (χ1v) is 6.44. The van der Waals surface area contributed by atoms with Crippen LogP contribution in [0.4, 0.5) is 0 Å². The fourth-order valence-electron chi connectivity index (χ4n) is 2.03. The van der Waals surface area contributed by atoms with Crippen molar-refractivity contribution in [3.8, 4) is 0 Å². The molecule has 1 aromatic carbocycles. The van der Waals surface area contributed by atoms with Gasteiger partial charge in [-0.3, -0.25) is 0 Å². The van der Waals surface area contributed by atoms with Crippen LogP contribution >= 0.6 is 11.6 Å². The molecule has 1 unspecified atom stereocenters. The Labute approximate surface area is 109 Å². The molecule has 2 nitrogen and oxygen atoms in total. The van der Waals surface area contributed by atoms with E-state index in [-0.39, 0.29) is 0 Å². The minimum atomic E-state index is -0.638. The van der Waals surface area contributed by atoms with Gasteiger partial charge in [0, 0.05) is 18.1 Å². The molecule has 0 radical (unpaired) electrons. The lowest BCUT2D eigenvalue weighted by atomic mass is 9.94. The maximum atomic E-state index is 10.1. The summed E-state index contributed by atoms with van der Waals surface area (Å²) in [6.45, 7) is 7.47. The van der Waals surface area contributed by atoms with E-state index in [2.05, 4.69) is 19.2 Å². The van der Waals surface area contributed by atoms with E-state index in [0.717, 1.165) is 18.0 Å². The van der Waals surface area contributed by atoms with Crippen LogP contribution < -0.4 is 5.32 Å². The highest BCUT2D eigenvalue weighted by molar-refractivity contribution is 6.30. The highest BCUT2D eigenvalue weighted by atomic mass is 35.5. The average Bonchev–Trinajstić information content (AvgIpc) is 2.18. The fourth-order valence-corrected chi connectivity index (χ4v) is 2.16. The predicted octanol–water partition coefficient (Wildman–Crippen LogP) is 3.23. The molecule has 0 aliphatic heterocycles. The molecule has 3 heteroatoms. The summed E-state index contributed by atoms with van der Waals surface area (Å²) >= 11 is 5.82. The van der Waals surface area contributed by atoms with Gasteiger partial charge < -0.3 is 10.4 Å². The van der Waals surface area contributed by atoms with Crippen LogP contribution in [-0.4, -0.2) is 17.3 Å². The molecule has 1 aromatic rings. The molecule has 0 aromatic heterocycles. The van der Waals surface area contributed by atoms with Gasteiger partial charge >= 0.3 is 0 Å². The third kappa shape index (κ3) is 6.06. The maximum Gasteiger partial charge on any atom is 0.0746 e. The summed E-state index contributed by atoms with van der Waals surface area (Å²) in [7, 11) is 0. The Morgan fingerprint density at radius 2 is 1.88 bits per heavy atom. The summed E-state index contributed by atoms with van der Waals surface area (Å²) in [6, 6.07) is 7.74. The minimum absolute atomic E-state index is 0.502. The largest absolute Gasteiger partial charge is 0.389 e. The van der Waals surface area contributed by atoms with Crippen LogP contribution in [0.5, 0.6) is 0 Å². The fraction of sp³-hybridized carbons (Fsp3) is 0.571. The van der Waals surface area contributed by atoms with Gasteiger partial charge in [-0.1, -0.05) is 37.6 Å². The predicted molar refractivity (Wildman–Crippen MR) is 73.2 cm³/mol. The monoisotopic (exact) mass is 255 g/mol. The Hall–Kier alpha value is -0.570. The average molecular weight is 256 g/mol. The number of hydrogen-bond acceptors (Lipinski definition) is 2. The van der Waals surface area contributed by atoms with Gasteiger partial charge in [0.25, 0.3) is 0 Å². The van der Waals surface area contributed by atoms with E-state index in [0.29, 0.717) is 12.5 Å². The minimum Gasteiger partial charge on any atom is -0.389 e. The molecule has 0 saturated heterocycles. The molecule has 0 aliphatic carbocycles. The maximum absolute atomic E-state index is 10.1. The van der Waals surface area contributed by atoms with Gasteiger partial charge in [-0.15, -0.1) is 0 Å². The van der Waals surface area contributed by atoms with Crippen molar-refractivity contribution in [2.24, 2.45) is 5.92 Å². The molecule has 1 rings (SSSR count). The molecule has 0 spiro atoms. The zero-order valence-electron chi connectivity index (χ0n) is 10.8. The van der Waals surface area contributed by atoms with E-state index < -0.39 is 5.60 Å². The van der Waals surface area contributed by atoms with Crippen LogP contribution in [0.2, 0.25) is 5.02 Å². The molecule has 0 fully saturated rings. The summed E-state index contributed by atoms with van der Waals surface area (Å²) < 4.78 is 0. The van der Waals surface area contributed by atoms with Gasteiger partial charge in [-0.2, -0.15) is 0 Å².